The van der Waals surface area contributed by atoms with Crippen LogP contribution in [0.1, 0.15) is 83.0 Å². The average molecular weight is 1270 g/mol. The number of nitrogens with one attached hydrogen (secondary N) is 1. The Morgan fingerprint density at radius 2 is 1.25 bits per heavy atom. The van der Waals surface area contributed by atoms with Crippen LogP contribution in [-0.4, -0.2) is 188 Å². The average Bonchev–Trinajstić information content (AvgIpc) is 1.65. The highest BCUT2D eigenvalue weighted by Gasteiger charge is 2.50. The third kappa shape index (κ3) is 13.9. The van der Waals surface area contributed by atoms with E-state index in [-0.39, 0.29) is 116 Å². The molecule has 0 saturated carbocycles. The van der Waals surface area contributed by atoms with E-state index in [0.717, 1.165) is 21.9 Å². The van der Waals surface area contributed by atoms with E-state index in [4.69, 9.17) is 38.9 Å². The van der Waals surface area contributed by atoms with Gasteiger partial charge in [0.15, 0.2) is 41.6 Å². The fourth-order valence-corrected chi connectivity index (χ4v) is 11.2. The molecule has 486 valence electrons. The first-order valence-corrected chi connectivity index (χ1v) is 29.1. The van der Waals surface area contributed by atoms with E-state index < -0.39 is 126 Å². The van der Waals surface area contributed by atoms with E-state index in [1.54, 1.807) is 58.0 Å². The van der Waals surface area contributed by atoms with Crippen LogP contribution < -0.4 is 39.8 Å². The minimum absolute atomic E-state index is 0.000428. The number of carboxylic acid groups (broad SMARTS) is 1. The minimum atomic E-state index is -2.06. The largest absolute Gasteiger partial charge is 0.493 e. The zero-order valence-corrected chi connectivity index (χ0v) is 50.3. The number of Topliss-reactive ketones (excluding diaryl/α,β-unsaturated/α-hetero) is 1. The van der Waals surface area contributed by atoms with Crippen LogP contribution in [0.15, 0.2) is 91.0 Å². The SMILES string of the molecule is C=C1C[C@H]2[C@H](O)N(C(=O)OCc3ccc(CC(=O)[C@H](C)NC(=O)[C@@H](N)C(C)C)cc3)c3cc(OCCCOc4cc5c(cc4OC)C(=O)N4CC(=C)C[C@H]4[C@H](O)N5C(=O)OCc4ccc(O[C@@H]5O[C@H](C(=O)O)[C@@H](O)[C@H](O)[C@H]5O)c([N+](=O)[O-])c4)c(C)cc3C(=O)N2C1. The van der Waals surface area contributed by atoms with Crippen LogP contribution >= 0.6 is 0 Å². The fraction of sp³-hybridized carbons (Fsp3) is 0.435. The third-order valence-corrected chi connectivity index (χ3v) is 16.3. The molecule has 0 radical (unpaired) electrons. The van der Waals surface area contributed by atoms with Crippen LogP contribution in [0.25, 0.3) is 0 Å². The first kappa shape index (κ1) is 66.2. The van der Waals surface area contributed by atoms with Gasteiger partial charge in [0.05, 0.1) is 71.9 Å². The van der Waals surface area contributed by atoms with Crippen molar-refractivity contribution in [3.05, 3.63) is 135 Å². The lowest BCUT2D eigenvalue weighted by Crippen LogP contribution is -2.61. The summed E-state index contributed by atoms with van der Waals surface area (Å²) < 4.78 is 40.0. The number of benzene rings is 4. The highest BCUT2D eigenvalue weighted by Crippen LogP contribution is 2.44. The van der Waals surface area contributed by atoms with Crippen LogP contribution in [-0.2, 0) is 48.2 Å². The van der Waals surface area contributed by atoms with Gasteiger partial charge in [-0.1, -0.05) is 68.5 Å². The molecule has 0 aromatic heterocycles. The van der Waals surface area contributed by atoms with Gasteiger partial charge in [0, 0.05) is 44.1 Å². The third-order valence-electron chi connectivity index (χ3n) is 16.3. The normalized spacial score (nSPS) is 23.4. The molecule has 3 saturated heterocycles. The molecule has 29 heteroatoms. The summed E-state index contributed by atoms with van der Waals surface area (Å²) in [4.78, 5) is 110. The summed E-state index contributed by atoms with van der Waals surface area (Å²) in [5.74, 6) is -3.79. The second kappa shape index (κ2) is 27.5. The maximum absolute atomic E-state index is 14.3. The van der Waals surface area contributed by atoms with Crippen molar-refractivity contribution in [1.82, 2.24) is 15.1 Å². The molecule has 0 bridgehead atoms. The van der Waals surface area contributed by atoms with Crippen molar-refractivity contribution in [3.63, 3.8) is 0 Å². The maximum Gasteiger partial charge on any atom is 0.416 e. The Kier molecular flexibility index (Phi) is 20.0. The lowest BCUT2D eigenvalue weighted by Gasteiger charge is -2.38. The number of nitrogens with two attached hydrogens (primary N) is 1. The number of carboxylic acids is 1. The quantitative estimate of drug-likeness (QED) is 0.0257. The van der Waals surface area contributed by atoms with Crippen LogP contribution in [0.2, 0.25) is 0 Å². The summed E-state index contributed by atoms with van der Waals surface area (Å²) in [5.41, 5.74) is 7.98. The molecule has 0 spiro atoms. The molecular formula is C62H71N7O22. The van der Waals surface area contributed by atoms with Gasteiger partial charge in [-0.2, -0.15) is 0 Å². The van der Waals surface area contributed by atoms with Gasteiger partial charge in [-0.3, -0.25) is 29.3 Å². The van der Waals surface area contributed by atoms with Crippen molar-refractivity contribution < 1.29 is 102 Å². The number of carbonyl (C=O) groups excluding carboxylic acids is 6. The number of fused-ring (bicyclic) bond motifs is 4. The highest BCUT2D eigenvalue weighted by molar-refractivity contribution is 6.07. The number of carbonyl (C=O) groups is 7. The summed E-state index contributed by atoms with van der Waals surface area (Å²) >= 11 is 0. The van der Waals surface area contributed by atoms with Crippen LogP contribution in [0.3, 0.4) is 0 Å². The van der Waals surface area contributed by atoms with Gasteiger partial charge in [-0.05, 0) is 73.1 Å². The number of nitro benzene ring substituents is 1. The fourth-order valence-electron chi connectivity index (χ4n) is 11.2. The van der Waals surface area contributed by atoms with Gasteiger partial charge < -0.3 is 84.6 Å². The minimum Gasteiger partial charge on any atom is -0.493 e. The molecule has 4 aromatic carbocycles. The topological polar surface area (TPSA) is 400 Å². The summed E-state index contributed by atoms with van der Waals surface area (Å²) in [6.07, 6.45) is -15.2. The maximum atomic E-state index is 14.3. The Morgan fingerprint density at radius 1 is 0.725 bits per heavy atom. The van der Waals surface area contributed by atoms with Crippen molar-refractivity contribution in [2.45, 2.75) is 134 Å². The molecule has 11 atom stereocenters. The Balaban J connectivity index is 0.882. The van der Waals surface area contributed by atoms with Crippen molar-refractivity contribution in [1.29, 1.82) is 0 Å². The summed E-state index contributed by atoms with van der Waals surface area (Å²) in [7, 11) is 1.32. The monoisotopic (exact) mass is 1270 g/mol. The number of rotatable bonds is 21. The Labute approximate surface area is 520 Å². The molecule has 4 aromatic rings. The van der Waals surface area contributed by atoms with E-state index in [2.05, 4.69) is 18.5 Å². The molecule has 5 heterocycles. The van der Waals surface area contributed by atoms with E-state index in [1.165, 1.54) is 41.2 Å². The molecule has 0 unspecified atom stereocenters. The van der Waals surface area contributed by atoms with Gasteiger partial charge >= 0.3 is 23.8 Å². The molecule has 5 aliphatic rings. The van der Waals surface area contributed by atoms with Gasteiger partial charge in [0.2, 0.25) is 12.2 Å². The molecule has 29 nitrogen and oxygen atoms in total. The van der Waals surface area contributed by atoms with E-state index >= 15 is 0 Å². The number of ketones is 1. The molecule has 5 aliphatic heterocycles. The number of ether oxygens (including phenoxy) is 7. The predicted molar refractivity (Wildman–Crippen MR) is 318 cm³/mol. The second-order valence-electron chi connectivity index (χ2n) is 23.2. The first-order valence-electron chi connectivity index (χ1n) is 29.1. The highest BCUT2D eigenvalue weighted by atomic mass is 16.7. The first-order chi connectivity index (χ1) is 43.2. The number of amides is 5. The number of nitro groups is 1. The predicted octanol–water partition coefficient (Wildman–Crippen LogP) is 3.12. The zero-order chi connectivity index (χ0) is 66.0. The number of aliphatic hydroxyl groups excluding tert-OH is 5. The molecule has 0 aliphatic carbocycles. The number of aliphatic hydroxyl groups is 5. The Bertz CT molecular complexity index is 3540. The summed E-state index contributed by atoms with van der Waals surface area (Å²) in [6, 6.07) is 12.2. The van der Waals surface area contributed by atoms with Crippen LogP contribution in [0, 0.1) is 23.0 Å². The number of nitrogens with zero attached hydrogens (tertiary/aromatic N) is 5. The lowest BCUT2D eigenvalue weighted by atomic mass is 9.99. The number of hydrogen-bond donors (Lipinski definition) is 8. The van der Waals surface area contributed by atoms with Gasteiger partial charge in [0.1, 0.15) is 37.3 Å². The lowest BCUT2D eigenvalue weighted by molar-refractivity contribution is -0.387. The molecular weight excluding hydrogens is 1190 g/mol. The van der Waals surface area contributed by atoms with E-state index in [9.17, 15) is 74.3 Å². The Morgan fingerprint density at radius 3 is 1.80 bits per heavy atom. The summed E-state index contributed by atoms with van der Waals surface area (Å²) in [5, 5.41) is 79.0. The van der Waals surface area contributed by atoms with Crippen LogP contribution in [0.5, 0.6) is 23.0 Å². The second-order valence-corrected chi connectivity index (χ2v) is 23.2. The molecule has 9 N–H and O–H groups in total. The van der Waals surface area contributed by atoms with Crippen molar-refractivity contribution in [3.8, 4) is 23.0 Å². The van der Waals surface area contributed by atoms with E-state index in [1.807, 2.05) is 0 Å². The summed E-state index contributed by atoms with van der Waals surface area (Å²) in [6.45, 7) is 14.1. The van der Waals surface area contributed by atoms with Crippen LogP contribution in [0.4, 0.5) is 26.7 Å². The standard InChI is InChI=1S/C62H71N7O22/c1-29(2)49(63)54(74)64-33(6)44(70)21-34-9-11-35(12-10-34)27-88-61(81)67-39-23-46(32(5)19-37(39)55(75)65-25-30(3)17-42(65)57(67)77)86-15-8-16-87-48-24-40-38(22-47(48)85-7)56(76)66-26-31(4)18-43(66)58(78)68(40)62(82)89-28-36-13-14-45(41(20-36)69(83)84)90-60-52(73)50(71)51(72)53(91-60)59(79)80/h9-14,19-20,22-24,29,33,42-43,49-53,57-58,60,71-73,77-78H,3-4,8,15-18,21,25-28,63H2,1-2,5-7H3,(H,64,74)(H,79,80)/t33-,42-,43-,49-,50-,51-,52+,53-,57-,58-,60+/m0/s1. The Hall–Kier alpha value is -9.23. The smallest absolute Gasteiger partial charge is 0.416 e. The van der Waals surface area contributed by atoms with Gasteiger partial charge in [-0.25, -0.2) is 24.2 Å². The number of aryl methyl sites for hydroxylation is 1. The van der Waals surface area contributed by atoms with Crippen molar-refractivity contribution in [2.24, 2.45) is 11.7 Å². The number of aliphatic carboxylic acids is 1. The van der Waals surface area contributed by atoms with Gasteiger partial charge in [0.25, 0.3) is 11.8 Å². The molecule has 5 amide bonds. The molecule has 91 heavy (non-hydrogen) atoms. The number of hydrogen-bond acceptors (Lipinski definition) is 22. The van der Waals surface area contributed by atoms with Crippen molar-refractivity contribution >= 4 is 58.7 Å². The molecule has 3 fully saturated rings. The number of methoxy groups -OCH3 is 1. The van der Waals surface area contributed by atoms with E-state index in [0.29, 0.717) is 27.8 Å². The zero-order valence-electron chi connectivity index (χ0n) is 50.3. The van der Waals surface area contributed by atoms with Gasteiger partial charge in [-0.15, -0.1) is 0 Å². The molecule has 9 rings (SSSR count). The number of anilines is 2. The van der Waals surface area contributed by atoms with Crippen molar-refractivity contribution in [2.75, 3.05) is 43.2 Å².